The van der Waals surface area contributed by atoms with Crippen LogP contribution in [0.5, 0.6) is 0 Å². The summed E-state index contributed by atoms with van der Waals surface area (Å²) < 4.78 is 29.7. The average molecular weight is 343 g/mol. The van der Waals surface area contributed by atoms with Crippen molar-refractivity contribution in [1.29, 1.82) is 0 Å². The van der Waals surface area contributed by atoms with Crippen LogP contribution in [-0.2, 0) is 30.5 Å². The predicted octanol–water partition coefficient (Wildman–Crippen LogP) is -0.554. The minimum absolute atomic E-state index is 0.176. The molecule has 23 heavy (non-hydrogen) atoms. The summed E-state index contributed by atoms with van der Waals surface area (Å²) >= 11 is 0. The van der Waals surface area contributed by atoms with Crippen LogP contribution in [0.25, 0.3) is 0 Å². The Kier molecular flexibility index (Phi) is 6.25. The summed E-state index contributed by atoms with van der Waals surface area (Å²) in [6, 6.07) is 7.87. The van der Waals surface area contributed by atoms with E-state index in [4.69, 9.17) is 11.5 Å². The van der Waals surface area contributed by atoms with Gasteiger partial charge in [-0.2, -0.15) is 8.42 Å². The van der Waals surface area contributed by atoms with Crippen molar-refractivity contribution in [2.45, 2.75) is 26.3 Å². The summed E-state index contributed by atoms with van der Waals surface area (Å²) in [5.41, 5.74) is 10.4. The van der Waals surface area contributed by atoms with Crippen LogP contribution >= 0.6 is 0 Å². The number of benzene rings is 1. The van der Waals surface area contributed by atoms with Crippen molar-refractivity contribution in [2.24, 2.45) is 16.9 Å². The highest BCUT2D eigenvalue weighted by molar-refractivity contribution is 7.85. The quantitative estimate of drug-likeness (QED) is 0.578. The molecule has 0 unspecified atom stereocenters. The molecular formula is C14H21N3O5S. The zero-order chi connectivity index (χ0) is 17.7. The molecule has 0 aliphatic carbocycles. The summed E-state index contributed by atoms with van der Waals surface area (Å²) in [4.78, 5) is 22.9. The number of nitrogens with one attached hydrogen (secondary N) is 1. The summed E-state index contributed by atoms with van der Waals surface area (Å²) in [6.07, 6.45) is 0.176. The zero-order valence-electron chi connectivity index (χ0n) is 13.0. The van der Waals surface area contributed by atoms with Crippen molar-refractivity contribution in [2.75, 3.05) is 6.61 Å². The third-order valence-corrected chi connectivity index (χ3v) is 3.98. The van der Waals surface area contributed by atoms with Crippen molar-refractivity contribution in [1.82, 2.24) is 4.72 Å². The Bertz CT molecular complexity index is 658. The monoisotopic (exact) mass is 343 g/mol. The van der Waals surface area contributed by atoms with Crippen LogP contribution in [0.15, 0.2) is 30.3 Å². The van der Waals surface area contributed by atoms with Gasteiger partial charge in [-0.1, -0.05) is 30.3 Å². The molecule has 1 aromatic carbocycles. The summed E-state index contributed by atoms with van der Waals surface area (Å²) in [7, 11) is -4.37. The number of carbonyl (C=O) groups excluding carboxylic acids is 2. The highest BCUT2D eigenvalue weighted by Gasteiger charge is 2.29. The molecule has 0 aliphatic rings. The maximum atomic E-state index is 11.8. The number of carbonyl (C=O) groups is 2. The molecule has 0 saturated heterocycles. The van der Waals surface area contributed by atoms with Gasteiger partial charge in [0, 0.05) is 0 Å². The number of primary amides is 1. The van der Waals surface area contributed by atoms with Crippen LogP contribution < -0.4 is 16.2 Å². The lowest BCUT2D eigenvalue weighted by Gasteiger charge is -2.20. The fourth-order valence-electron chi connectivity index (χ4n) is 1.49. The largest absolute Gasteiger partial charge is 0.369 e. The van der Waals surface area contributed by atoms with Crippen LogP contribution in [0.1, 0.15) is 19.4 Å². The summed E-state index contributed by atoms with van der Waals surface area (Å²) in [5.74, 6) is -1.62. The van der Waals surface area contributed by atoms with Crippen LogP contribution in [-0.4, -0.2) is 32.9 Å². The van der Waals surface area contributed by atoms with Gasteiger partial charge in [0.25, 0.3) is 5.91 Å². The highest BCUT2D eigenvalue weighted by atomic mass is 32.2. The van der Waals surface area contributed by atoms with E-state index < -0.39 is 40.2 Å². The third kappa shape index (κ3) is 6.35. The first-order valence-corrected chi connectivity index (χ1v) is 8.25. The molecule has 5 N–H and O–H groups in total. The Morgan fingerprint density at radius 3 is 2.35 bits per heavy atom. The van der Waals surface area contributed by atoms with Gasteiger partial charge in [0.2, 0.25) is 5.91 Å². The van der Waals surface area contributed by atoms with Gasteiger partial charge in [-0.3, -0.25) is 13.8 Å². The molecule has 1 rings (SSSR count). The maximum Gasteiger partial charge on any atom is 0.362 e. The van der Waals surface area contributed by atoms with E-state index in [1.54, 1.807) is 29.0 Å². The van der Waals surface area contributed by atoms with Crippen molar-refractivity contribution in [3.05, 3.63) is 35.9 Å². The second-order valence-corrected chi connectivity index (χ2v) is 7.08. The van der Waals surface area contributed by atoms with Gasteiger partial charge in [-0.25, -0.2) is 4.72 Å². The Morgan fingerprint density at radius 1 is 1.26 bits per heavy atom. The fourth-order valence-corrected chi connectivity index (χ4v) is 2.39. The van der Waals surface area contributed by atoms with Crippen LogP contribution in [0.2, 0.25) is 0 Å². The van der Waals surface area contributed by atoms with Gasteiger partial charge < -0.3 is 11.5 Å². The molecule has 0 spiro atoms. The molecular weight excluding hydrogens is 322 g/mol. The lowest BCUT2D eigenvalue weighted by atomic mass is 9.94. The number of nitrogens with two attached hydrogens (primary N) is 2. The number of rotatable bonds is 8. The fraction of sp³-hybridized carbons (Fsp3) is 0.429. The molecule has 0 radical (unpaired) electrons. The predicted molar refractivity (Wildman–Crippen MR) is 84.1 cm³/mol. The molecule has 1 aromatic rings. The first kappa shape index (κ1) is 19.1. The standard InChI is InChI=1S/C14H21N3O5S/c1-14(2,13(16)19)9-22-23(20,21)17-12(18)11(15)8-10-6-4-3-5-7-10/h3-7,11H,8-9,15H2,1-2H3,(H2,16,19)(H,17,18)/t11-/m0/s1. The van der Waals surface area contributed by atoms with Gasteiger partial charge in [0.1, 0.15) is 0 Å². The molecule has 128 valence electrons. The van der Waals surface area contributed by atoms with Crippen LogP contribution in [0.4, 0.5) is 0 Å². The minimum Gasteiger partial charge on any atom is -0.369 e. The van der Waals surface area contributed by atoms with Gasteiger partial charge >= 0.3 is 10.3 Å². The smallest absolute Gasteiger partial charge is 0.362 e. The van der Waals surface area contributed by atoms with Gasteiger partial charge in [-0.05, 0) is 25.8 Å². The summed E-state index contributed by atoms with van der Waals surface area (Å²) in [5, 5.41) is 0. The SMILES string of the molecule is CC(C)(COS(=O)(=O)NC(=O)[C@@H](N)Cc1ccccc1)C(N)=O. The second-order valence-electron chi connectivity index (χ2n) is 5.73. The van der Waals surface area contributed by atoms with E-state index in [2.05, 4.69) is 4.18 Å². The van der Waals surface area contributed by atoms with E-state index in [-0.39, 0.29) is 6.42 Å². The van der Waals surface area contributed by atoms with E-state index in [1.807, 2.05) is 6.07 Å². The Labute approximate surface area is 135 Å². The maximum absolute atomic E-state index is 11.8. The Hall–Kier alpha value is -1.97. The van der Waals surface area contributed by atoms with Crippen molar-refractivity contribution >= 4 is 22.1 Å². The first-order valence-electron chi connectivity index (χ1n) is 6.84. The zero-order valence-corrected chi connectivity index (χ0v) is 13.8. The van der Waals surface area contributed by atoms with Crippen molar-refractivity contribution in [3.8, 4) is 0 Å². The number of amides is 2. The van der Waals surface area contributed by atoms with E-state index in [9.17, 15) is 18.0 Å². The molecule has 1 atom stereocenters. The molecule has 0 fully saturated rings. The van der Waals surface area contributed by atoms with E-state index in [0.29, 0.717) is 0 Å². The molecule has 0 aliphatic heterocycles. The summed E-state index contributed by atoms with van der Waals surface area (Å²) in [6.45, 7) is 2.36. The van der Waals surface area contributed by atoms with Crippen molar-refractivity contribution < 1.29 is 22.2 Å². The molecule has 0 bridgehead atoms. The molecule has 9 heteroatoms. The topological polar surface area (TPSA) is 142 Å². The lowest BCUT2D eigenvalue weighted by molar-refractivity contribution is -0.127. The van der Waals surface area contributed by atoms with E-state index >= 15 is 0 Å². The van der Waals surface area contributed by atoms with Gasteiger partial charge in [0.15, 0.2) is 0 Å². The normalized spacial score (nSPS) is 13.3. The molecule has 0 saturated carbocycles. The molecule has 2 amide bonds. The van der Waals surface area contributed by atoms with Crippen LogP contribution in [0.3, 0.4) is 0 Å². The van der Waals surface area contributed by atoms with Crippen LogP contribution in [0, 0.1) is 5.41 Å². The molecule has 0 heterocycles. The first-order chi connectivity index (χ1) is 10.5. The molecule has 0 aromatic heterocycles. The lowest BCUT2D eigenvalue weighted by Crippen LogP contribution is -2.46. The van der Waals surface area contributed by atoms with Gasteiger partial charge in [-0.15, -0.1) is 0 Å². The average Bonchev–Trinajstić information content (AvgIpc) is 2.46. The third-order valence-electron chi connectivity index (χ3n) is 3.10. The van der Waals surface area contributed by atoms with E-state index in [0.717, 1.165) is 5.56 Å². The van der Waals surface area contributed by atoms with Crippen molar-refractivity contribution in [3.63, 3.8) is 0 Å². The van der Waals surface area contributed by atoms with Gasteiger partial charge in [0.05, 0.1) is 18.1 Å². The van der Waals surface area contributed by atoms with E-state index in [1.165, 1.54) is 13.8 Å². The minimum atomic E-state index is -4.37. The second kappa shape index (κ2) is 7.53. The number of hydrogen-bond donors (Lipinski definition) is 3. The Morgan fingerprint density at radius 2 is 1.83 bits per heavy atom. The highest BCUT2D eigenvalue weighted by Crippen LogP contribution is 2.15. The number of hydrogen-bond acceptors (Lipinski definition) is 6. The Balaban J connectivity index is 2.59. The molecule has 8 nitrogen and oxygen atoms in total.